The second-order valence-electron chi connectivity index (χ2n) is 17.3. The van der Waals surface area contributed by atoms with Gasteiger partial charge in [0, 0.05) is 88.1 Å². The van der Waals surface area contributed by atoms with Crippen LogP contribution in [0.25, 0.3) is 5.57 Å². The molecule has 4 aromatic rings. The second-order valence-corrected chi connectivity index (χ2v) is 18.8. The Kier molecular flexibility index (Phi) is 14.4. The van der Waals surface area contributed by atoms with Gasteiger partial charge in [-0.25, -0.2) is 26.6 Å². The van der Waals surface area contributed by atoms with Crippen molar-refractivity contribution >= 4 is 39.2 Å². The minimum atomic E-state index is -5.30. The summed E-state index contributed by atoms with van der Waals surface area (Å²) >= 11 is 0. The lowest BCUT2D eigenvalue weighted by Crippen LogP contribution is -2.48. The van der Waals surface area contributed by atoms with Crippen molar-refractivity contribution < 1.29 is 59.1 Å². The molecule has 0 spiro atoms. The predicted octanol–water partition coefficient (Wildman–Crippen LogP) is 3.71. The molecule has 13 nitrogen and oxygen atoms in total. The summed E-state index contributed by atoms with van der Waals surface area (Å²) in [6, 6.07) is 13.9. The molecule has 0 unspecified atom stereocenters. The van der Waals surface area contributed by atoms with Crippen molar-refractivity contribution in [3.8, 4) is 5.75 Å². The van der Waals surface area contributed by atoms with Crippen molar-refractivity contribution in [2.45, 2.75) is 57.4 Å². The maximum Gasteiger partial charge on any atom is 0.335 e. The molecular weight excluding hydrogens is 885 g/mol. The number of anilines is 1. The summed E-state index contributed by atoms with van der Waals surface area (Å²) < 4.78 is 109. The molecule has 0 saturated heterocycles. The number of carbonyl (C=O) groups is 3. The maximum absolute atomic E-state index is 14.6. The highest BCUT2D eigenvalue weighted by atomic mass is 32.2. The van der Waals surface area contributed by atoms with Gasteiger partial charge in [0.05, 0.1) is 22.5 Å². The molecule has 7 rings (SSSR count). The Morgan fingerprint density at radius 1 is 0.909 bits per heavy atom. The average Bonchev–Trinajstić information content (AvgIpc) is 3.28. The summed E-state index contributed by atoms with van der Waals surface area (Å²) in [5.41, 5.74) is 8.13. The lowest BCUT2D eigenvalue weighted by atomic mass is 9.67. The number of aryl methyl sites for hydroxylation is 2. The molecule has 1 atom stereocenters. The highest BCUT2D eigenvalue weighted by Crippen LogP contribution is 2.44. The first-order valence-electron chi connectivity index (χ1n) is 21.7. The Morgan fingerprint density at radius 2 is 1.61 bits per heavy atom. The van der Waals surface area contributed by atoms with Crippen molar-refractivity contribution in [2.75, 3.05) is 77.9 Å². The number of fused-ring (bicyclic) bond motifs is 4. The van der Waals surface area contributed by atoms with Gasteiger partial charge in [-0.1, -0.05) is 32.0 Å². The Balaban J connectivity index is 1.25. The topological polar surface area (TPSA) is 158 Å². The van der Waals surface area contributed by atoms with E-state index < -0.39 is 80.6 Å². The fourth-order valence-electron chi connectivity index (χ4n) is 9.23. The molecule has 0 fully saturated rings. The summed E-state index contributed by atoms with van der Waals surface area (Å²) in [5.74, 6) is -14.9. The zero-order valence-electron chi connectivity index (χ0n) is 37.4. The van der Waals surface area contributed by atoms with Crippen molar-refractivity contribution in [3.05, 3.63) is 127 Å². The van der Waals surface area contributed by atoms with Gasteiger partial charge in [0.25, 0.3) is 5.91 Å². The van der Waals surface area contributed by atoms with Gasteiger partial charge in [-0.3, -0.25) is 9.59 Å². The molecule has 18 heteroatoms. The van der Waals surface area contributed by atoms with E-state index in [2.05, 4.69) is 52.3 Å². The number of hydrogen-bond donors (Lipinski definition) is 1. The van der Waals surface area contributed by atoms with Crippen LogP contribution in [0.5, 0.6) is 5.75 Å². The lowest BCUT2D eigenvalue weighted by molar-refractivity contribution is -0.139. The largest absolute Gasteiger partial charge is 0.748 e. The number of rotatable bonds is 16. The summed E-state index contributed by atoms with van der Waals surface area (Å²) in [6.07, 6.45) is 3.11. The summed E-state index contributed by atoms with van der Waals surface area (Å²) in [5, 5.41) is 4.13. The zero-order valence-corrected chi connectivity index (χ0v) is 38.2. The fourth-order valence-corrected chi connectivity index (χ4v) is 9.86. The van der Waals surface area contributed by atoms with E-state index in [1.54, 1.807) is 26.4 Å². The quantitative estimate of drug-likeness (QED) is 0.0439. The summed E-state index contributed by atoms with van der Waals surface area (Å²) in [7, 11) is -0.457. The van der Waals surface area contributed by atoms with Gasteiger partial charge in [-0.05, 0) is 82.1 Å². The van der Waals surface area contributed by atoms with Crippen LogP contribution in [0.4, 0.5) is 23.2 Å². The van der Waals surface area contributed by atoms with Gasteiger partial charge in [0.1, 0.15) is 19.2 Å². The number of methoxy groups -OCH3 is 2. The van der Waals surface area contributed by atoms with Crippen molar-refractivity contribution in [1.29, 1.82) is 0 Å². The van der Waals surface area contributed by atoms with Gasteiger partial charge >= 0.3 is 5.97 Å². The molecule has 66 heavy (non-hydrogen) atoms. The number of halogens is 4. The standard InChI is InChI=1S/C48H52F4N4O9S/c1-48(2)34-24-39-28(10-8-15-55(39)18-20-63-4)22-32(34)42(33-23-29-11-9-16-56(19-21-64-5)40(29)25-35(33)48)30-12-6-7-13-31(30)46(58)54(3)17-14-41(57)53-38(27-66(60,61)62)47(59)65-45-43(51)36(49)26-37(50)44(45)52/h6-7,12-13,22-26,38H,8-11,14-21,27H2,1-5H3,(H-,53,57,60,61,62)/t38-/m0/s1. The van der Waals surface area contributed by atoms with Crippen LogP contribution in [0, 0.1) is 23.3 Å². The van der Waals surface area contributed by atoms with Crippen molar-refractivity contribution in [1.82, 2.24) is 14.8 Å². The molecule has 2 amide bonds. The first-order valence-corrected chi connectivity index (χ1v) is 23.2. The van der Waals surface area contributed by atoms with Gasteiger partial charge in [0.15, 0.2) is 18.2 Å². The third-order valence-corrected chi connectivity index (χ3v) is 13.3. The predicted molar refractivity (Wildman–Crippen MR) is 236 cm³/mol. The monoisotopic (exact) mass is 936 g/mol. The number of benzene rings is 4. The minimum Gasteiger partial charge on any atom is -0.748 e. The summed E-state index contributed by atoms with van der Waals surface area (Å²) in [6.45, 7) is 8.58. The molecule has 352 valence electrons. The highest BCUT2D eigenvalue weighted by molar-refractivity contribution is 7.85. The van der Waals surface area contributed by atoms with E-state index in [1.807, 2.05) is 17.4 Å². The van der Waals surface area contributed by atoms with Crippen LogP contribution in [-0.2, 0) is 47.4 Å². The second kappa shape index (κ2) is 19.6. The van der Waals surface area contributed by atoms with Gasteiger partial charge < -0.3 is 33.9 Å². The molecule has 2 heterocycles. The third-order valence-electron chi connectivity index (χ3n) is 12.6. The normalized spacial score (nSPS) is 15.6. The molecule has 1 aliphatic carbocycles. The molecule has 3 aliphatic rings. The van der Waals surface area contributed by atoms with Crippen LogP contribution in [0.1, 0.15) is 76.8 Å². The van der Waals surface area contributed by atoms with E-state index >= 15 is 0 Å². The fraction of sp³-hybridized carbons (Fsp3) is 0.417. The van der Waals surface area contributed by atoms with E-state index in [4.69, 9.17) is 9.47 Å². The maximum atomic E-state index is 14.6. The van der Waals surface area contributed by atoms with Crippen LogP contribution in [-0.4, -0.2) is 115 Å². The first kappa shape index (κ1) is 48.2. The number of carbonyl (C=O) groups excluding carboxylic acids is 3. The van der Waals surface area contributed by atoms with E-state index in [-0.39, 0.29) is 12.6 Å². The number of hydrogen-bond acceptors (Lipinski definition) is 10. The van der Waals surface area contributed by atoms with E-state index in [1.165, 1.54) is 23.1 Å². The average molecular weight is 937 g/mol. The Morgan fingerprint density at radius 3 is 2.30 bits per heavy atom. The number of amides is 2. The van der Waals surface area contributed by atoms with E-state index in [0.717, 1.165) is 90.4 Å². The van der Waals surface area contributed by atoms with Gasteiger partial charge in [-0.15, -0.1) is 0 Å². The lowest BCUT2D eigenvalue weighted by Gasteiger charge is -2.39. The molecule has 0 radical (unpaired) electrons. The van der Waals surface area contributed by atoms with Crippen LogP contribution in [0.3, 0.4) is 0 Å². The van der Waals surface area contributed by atoms with Crippen molar-refractivity contribution in [3.63, 3.8) is 0 Å². The number of ether oxygens (including phenoxy) is 3. The molecule has 1 N–H and O–H groups in total. The minimum absolute atomic E-state index is 0.138. The smallest absolute Gasteiger partial charge is 0.335 e. The Bertz CT molecular complexity index is 2810. The number of nitrogens with zero attached hydrogens (tertiary/aromatic N) is 3. The molecule has 0 aromatic heterocycles. The SMILES string of the molecule is COCCN1CCCc2cc3c(cc21)C(C)(C)c1cc2c(cc1=C3c1ccccc1C(=O)N(C)CCC(=O)N[C@@H](CS(=O)(=O)[O-])C(=O)Oc1c(F)c(F)cc(F)c1F)CCC[N+]=2CCOC. The van der Waals surface area contributed by atoms with Crippen LogP contribution in [0.2, 0.25) is 0 Å². The van der Waals surface area contributed by atoms with E-state index in [9.17, 15) is 44.9 Å². The molecule has 4 aromatic carbocycles. The van der Waals surface area contributed by atoms with Gasteiger partial charge in [-0.2, -0.15) is 8.78 Å². The third kappa shape index (κ3) is 9.87. The highest BCUT2D eigenvalue weighted by Gasteiger charge is 2.38. The Hall–Kier alpha value is -5.69. The van der Waals surface area contributed by atoms with Crippen molar-refractivity contribution in [2.24, 2.45) is 0 Å². The van der Waals surface area contributed by atoms with Crippen LogP contribution in [0.15, 0.2) is 54.6 Å². The van der Waals surface area contributed by atoms with Crippen LogP contribution >= 0.6 is 0 Å². The molecular formula is C48H52F4N4O9S. The number of esters is 1. The molecule has 2 aliphatic heterocycles. The molecule has 0 bridgehead atoms. The van der Waals surface area contributed by atoms with Gasteiger partial charge in [0.2, 0.25) is 28.6 Å². The first-order chi connectivity index (χ1) is 31.3. The number of nitrogens with one attached hydrogen (secondary N) is 1. The zero-order chi connectivity index (χ0) is 47.7. The van der Waals surface area contributed by atoms with E-state index in [0.29, 0.717) is 24.3 Å². The molecule has 0 saturated carbocycles. The van der Waals surface area contributed by atoms with Crippen LogP contribution < -0.4 is 30.1 Å². The summed E-state index contributed by atoms with van der Waals surface area (Å²) in [4.78, 5) is 44.3. The Labute approximate surface area is 380 Å².